The van der Waals surface area contributed by atoms with Gasteiger partial charge in [-0.2, -0.15) is 5.10 Å². The third kappa shape index (κ3) is 4.48. The zero-order valence-corrected chi connectivity index (χ0v) is 13.3. The second-order valence-corrected chi connectivity index (χ2v) is 5.40. The molecule has 0 spiro atoms. The summed E-state index contributed by atoms with van der Waals surface area (Å²) in [6, 6.07) is 7.23. The van der Waals surface area contributed by atoms with Crippen molar-refractivity contribution < 1.29 is 14.0 Å². The number of nitrogens with one attached hydrogen (secondary N) is 1. The number of rotatable bonds is 7. The Balaban J connectivity index is 1.89. The fourth-order valence-corrected chi connectivity index (χ4v) is 2.15. The first-order valence-corrected chi connectivity index (χ1v) is 7.63. The molecule has 1 amide bonds. The van der Waals surface area contributed by atoms with Crippen molar-refractivity contribution >= 4 is 17.5 Å². The lowest BCUT2D eigenvalue weighted by molar-refractivity contribution is -0.116. The van der Waals surface area contributed by atoms with Crippen LogP contribution in [-0.4, -0.2) is 21.5 Å². The zero-order valence-electron chi connectivity index (χ0n) is 13.3. The smallest absolute Gasteiger partial charge is 0.225 e. The highest BCUT2D eigenvalue weighted by atomic mass is 19.1. The Kier molecular flexibility index (Phi) is 5.62. The van der Waals surface area contributed by atoms with Gasteiger partial charge in [0.25, 0.3) is 0 Å². The van der Waals surface area contributed by atoms with Gasteiger partial charge in [0, 0.05) is 24.5 Å². The third-order valence-corrected chi connectivity index (χ3v) is 3.69. The van der Waals surface area contributed by atoms with Gasteiger partial charge >= 0.3 is 0 Å². The van der Waals surface area contributed by atoms with Crippen molar-refractivity contribution in [3.63, 3.8) is 0 Å². The molecular weight excluding hydrogens is 297 g/mol. The molecule has 2 aromatic rings. The van der Waals surface area contributed by atoms with Crippen molar-refractivity contribution in [3.05, 3.63) is 47.9 Å². The first-order chi connectivity index (χ1) is 11.0. The average molecular weight is 317 g/mol. The van der Waals surface area contributed by atoms with Gasteiger partial charge in [0.05, 0.1) is 12.2 Å². The molecule has 1 aromatic heterocycles. The van der Waals surface area contributed by atoms with Crippen molar-refractivity contribution in [3.8, 4) is 0 Å². The maximum absolute atomic E-state index is 12.8. The highest BCUT2D eigenvalue weighted by molar-refractivity contribution is 5.99. The summed E-state index contributed by atoms with van der Waals surface area (Å²) in [6.45, 7) is 4.06. The number of hydrogen-bond donors (Lipinski definition) is 1. The van der Waals surface area contributed by atoms with E-state index in [1.54, 1.807) is 16.9 Å². The Morgan fingerprint density at radius 2 is 1.91 bits per heavy atom. The first-order valence-electron chi connectivity index (χ1n) is 7.63. The fraction of sp³-hybridized carbons (Fsp3) is 0.353. The number of halogens is 1. The lowest BCUT2D eigenvalue weighted by Crippen LogP contribution is -2.18. The number of hydrogen-bond acceptors (Lipinski definition) is 3. The van der Waals surface area contributed by atoms with E-state index in [9.17, 15) is 14.0 Å². The van der Waals surface area contributed by atoms with Gasteiger partial charge in [-0.15, -0.1) is 0 Å². The molecule has 0 aliphatic carbocycles. The van der Waals surface area contributed by atoms with Crippen LogP contribution in [-0.2, 0) is 4.79 Å². The Morgan fingerprint density at radius 1 is 1.22 bits per heavy atom. The van der Waals surface area contributed by atoms with E-state index in [0.717, 1.165) is 6.42 Å². The molecule has 1 atom stereocenters. The minimum Gasteiger partial charge on any atom is -0.311 e. The van der Waals surface area contributed by atoms with Crippen LogP contribution in [0.2, 0.25) is 0 Å². The molecule has 2 rings (SSSR count). The van der Waals surface area contributed by atoms with Gasteiger partial charge in [-0.25, -0.2) is 9.07 Å². The molecule has 0 radical (unpaired) electrons. The maximum atomic E-state index is 12.8. The van der Waals surface area contributed by atoms with Crippen LogP contribution in [0.25, 0.3) is 0 Å². The van der Waals surface area contributed by atoms with E-state index in [4.69, 9.17) is 0 Å². The van der Waals surface area contributed by atoms with Crippen molar-refractivity contribution in [2.24, 2.45) is 0 Å². The van der Waals surface area contributed by atoms with Gasteiger partial charge in [-0.05, 0) is 37.6 Å². The molecule has 1 N–H and O–H groups in total. The van der Waals surface area contributed by atoms with Gasteiger partial charge in [0.2, 0.25) is 5.91 Å². The Labute approximate surface area is 134 Å². The normalized spacial score (nSPS) is 12.0. The maximum Gasteiger partial charge on any atom is 0.225 e. The van der Waals surface area contributed by atoms with Crippen molar-refractivity contribution in [1.82, 2.24) is 9.78 Å². The second-order valence-electron chi connectivity index (χ2n) is 5.40. The summed E-state index contributed by atoms with van der Waals surface area (Å²) < 4.78 is 14.6. The zero-order chi connectivity index (χ0) is 16.8. The number of ketones is 1. The topological polar surface area (TPSA) is 64.0 Å². The van der Waals surface area contributed by atoms with Crippen LogP contribution in [0.5, 0.6) is 0 Å². The molecule has 122 valence electrons. The third-order valence-electron chi connectivity index (χ3n) is 3.69. The summed E-state index contributed by atoms with van der Waals surface area (Å²) in [5.74, 6) is -0.197. The number of carbonyl (C=O) groups excluding carboxylic acids is 2. The molecule has 0 aliphatic rings. The van der Waals surface area contributed by atoms with Crippen molar-refractivity contribution in [1.29, 1.82) is 0 Å². The molecule has 0 bridgehead atoms. The SMILES string of the molecule is CCC(C)n1nccc1NC(=O)CCC(=O)c1ccc(F)cc1. The lowest BCUT2D eigenvalue weighted by atomic mass is 10.1. The summed E-state index contributed by atoms with van der Waals surface area (Å²) in [6.07, 6.45) is 2.68. The molecule has 0 saturated heterocycles. The number of carbonyl (C=O) groups is 2. The van der Waals surface area contributed by atoms with Crippen molar-refractivity contribution in [2.75, 3.05) is 5.32 Å². The Morgan fingerprint density at radius 3 is 2.57 bits per heavy atom. The van der Waals surface area contributed by atoms with E-state index < -0.39 is 5.82 Å². The van der Waals surface area contributed by atoms with Gasteiger partial charge in [-0.1, -0.05) is 6.92 Å². The van der Waals surface area contributed by atoms with E-state index in [0.29, 0.717) is 11.4 Å². The number of Topliss-reactive ketones (excluding diaryl/α,β-unsaturated/α-hetero) is 1. The molecule has 23 heavy (non-hydrogen) atoms. The number of amides is 1. The van der Waals surface area contributed by atoms with Gasteiger partial charge in [-0.3, -0.25) is 9.59 Å². The minimum absolute atomic E-state index is 0.0713. The van der Waals surface area contributed by atoms with Crippen molar-refractivity contribution in [2.45, 2.75) is 39.2 Å². The second kappa shape index (κ2) is 7.67. The summed E-state index contributed by atoms with van der Waals surface area (Å²) in [4.78, 5) is 24.0. The van der Waals surface area contributed by atoms with Crippen LogP contribution >= 0.6 is 0 Å². The Bertz CT molecular complexity index is 679. The molecular formula is C17H20FN3O2. The molecule has 0 aliphatic heterocycles. The molecule has 1 unspecified atom stereocenters. The van der Waals surface area contributed by atoms with E-state index in [1.165, 1.54) is 24.3 Å². The quantitative estimate of drug-likeness (QED) is 0.794. The fourth-order valence-electron chi connectivity index (χ4n) is 2.15. The number of benzene rings is 1. The number of anilines is 1. The molecule has 1 heterocycles. The van der Waals surface area contributed by atoms with Gasteiger partial charge in [0.1, 0.15) is 11.6 Å². The van der Waals surface area contributed by atoms with Crippen LogP contribution in [0.15, 0.2) is 36.5 Å². The molecule has 0 fully saturated rings. The largest absolute Gasteiger partial charge is 0.311 e. The average Bonchev–Trinajstić information content (AvgIpc) is 3.00. The molecule has 0 saturated carbocycles. The van der Waals surface area contributed by atoms with Crippen LogP contribution in [0.1, 0.15) is 49.5 Å². The van der Waals surface area contributed by atoms with Crippen LogP contribution in [0.3, 0.4) is 0 Å². The molecule has 5 nitrogen and oxygen atoms in total. The monoisotopic (exact) mass is 317 g/mol. The van der Waals surface area contributed by atoms with E-state index >= 15 is 0 Å². The predicted molar refractivity (Wildman–Crippen MR) is 85.8 cm³/mol. The van der Waals surface area contributed by atoms with Crippen LogP contribution < -0.4 is 5.32 Å². The number of aromatic nitrogens is 2. The van der Waals surface area contributed by atoms with E-state index in [-0.39, 0.29) is 30.6 Å². The number of nitrogens with zero attached hydrogens (tertiary/aromatic N) is 2. The summed E-state index contributed by atoms with van der Waals surface area (Å²) in [7, 11) is 0. The van der Waals surface area contributed by atoms with Gasteiger partial charge in [0.15, 0.2) is 5.78 Å². The minimum atomic E-state index is -0.391. The van der Waals surface area contributed by atoms with Crippen LogP contribution in [0, 0.1) is 5.82 Å². The summed E-state index contributed by atoms with van der Waals surface area (Å²) in [5, 5.41) is 6.96. The molecule has 6 heteroatoms. The Hall–Kier alpha value is -2.50. The predicted octanol–water partition coefficient (Wildman–Crippen LogP) is 3.59. The van der Waals surface area contributed by atoms with Gasteiger partial charge < -0.3 is 5.32 Å². The summed E-state index contributed by atoms with van der Waals surface area (Å²) >= 11 is 0. The highest BCUT2D eigenvalue weighted by Crippen LogP contribution is 2.17. The van der Waals surface area contributed by atoms with E-state index in [1.807, 2.05) is 13.8 Å². The highest BCUT2D eigenvalue weighted by Gasteiger charge is 2.13. The lowest BCUT2D eigenvalue weighted by Gasteiger charge is -2.14. The molecule has 1 aromatic carbocycles. The standard InChI is InChI=1S/C17H20FN3O2/c1-3-12(2)21-16(10-11-19-21)20-17(23)9-8-15(22)13-4-6-14(18)7-5-13/h4-7,10-12H,3,8-9H2,1-2H3,(H,20,23). The summed E-state index contributed by atoms with van der Waals surface area (Å²) in [5.41, 5.74) is 0.406. The van der Waals surface area contributed by atoms with Crippen LogP contribution in [0.4, 0.5) is 10.2 Å². The van der Waals surface area contributed by atoms with E-state index in [2.05, 4.69) is 10.4 Å². The first kappa shape index (κ1) is 16.9.